The Bertz CT molecular complexity index is 327. The minimum absolute atomic E-state index is 0.893. The van der Waals surface area contributed by atoms with Crippen LogP contribution in [0.5, 0.6) is 5.75 Å². The molecule has 0 saturated heterocycles. The van der Waals surface area contributed by atoms with E-state index in [1.807, 2.05) is 24.3 Å². The Kier molecular flexibility index (Phi) is 3.99. The Morgan fingerprint density at radius 3 is 2.29 bits per heavy atom. The lowest BCUT2D eigenvalue weighted by Crippen LogP contribution is -1.81. The monoisotopic (exact) mass is 188 g/mol. The summed E-state index contributed by atoms with van der Waals surface area (Å²) in [6, 6.07) is 7.99. The number of benzene rings is 1. The second-order valence-corrected chi connectivity index (χ2v) is 3.38. The van der Waals surface area contributed by atoms with Crippen molar-refractivity contribution in [3.8, 4) is 5.75 Å². The van der Waals surface area contributed by atoms with Crippen molar-refractivity contribution in [2.45, 2.75) is 13.8 Å². The quantitative estimate of drug-likeness (QED) is 0.657. The van der Waals surface area contributed by atoms with Crippen LogP contribution in [0.25, 0.3) is 6.08 Å². The Hall–Kier alpha value is -1.50. The second kappa shape index (κ2) is 5.28. The first kappa shape index (κ1) is 10.6. The Morgan fingerprint density at radius 2 is 1.79 bits per heavy atom. The van der Waals surface area contributed by atoms with Gasteiger partial charge < -0.3 is 4.74 Å². The van der Waals surface area contributed by atoms with Crippen LogP contribution in [0.3, 0.4) is 0 Å². The maximum absolute atomic E-state index is 5.08. The van der Waals surface area contributed by atoms with E-state index in [1.54, 1.807) is 7.11 Å². The first-order valence-electron chi connectivity index (χ1n) is 4.68. The molecule has 0 radical (unpaired) electrons. The molecule has 1 aromatic carbocycles. The van der Waals surface area contributed by atoms with Gasteiger partial charge in [0.25, 0.3) is 0 Å². The molecule has 1 rings (SSSR count). The van der Waals surface area contributed by atoms with Gasteiger partial charge in [-0.25, -0.2) is 0 Å². The van der Waals surface area contributed by atoms with Gasteiger partial charge >= 0.3 is 0 Å². The normalized spacial score (nSPS) is 10.2. The molecule has 0 spiro atoms. The molecule has 14 heavy (non-hydrogen) atoms. The summed E-state index contributed by atoms with van der Waals surface area (Å²) in [7, 11) is 1.67. The molecule has 0 heterocycles. The highest BCUT2D eigenvalue weighted by molar-refractivity contribution is 5.52. The highest BCUT2D eigenvalue weighted by Crippen LogP contribution is 2.12. The van der Waals surface area contributed by atoms with Gasteiger partial charge in [0.2, 0.25) is 0 Å². The van der Waals surface area contributed by atoms with Gasteiger partial charge in [0.15, 0.2) is 0 Å². The number of allylic oxidation sites excluding steroid dienone is 3. The van der Waals surface area contributed by atoms with Crippen molar-refractivity contribution in [3.05, 3.63) is 47.6 Å². The SMILES string of the molecule is COc1ccc(/C=C/C=C(C)C)cc1. The molecule has 0 aliphatic heterocycles. The van der Waals surface area contributed by atoms with Crippen LogP contribution in [-0.4, -0.2) is 7.11 Å². The second-order valence-electron chi connectivity index (χ2n) is 3.38. The Labute approximate surface area is 85.7 Å². The van der Waals surface area contributed by atoms with Gasteiger partial charge in [-0.2, -0.15) is 0 Å². The Balaban J connectivity index is 2.69. The van der Waals surface area contributed by atoms with Crippen LogP contribution >= 0.6 is 0 Å². The molecule has 74 valence electrons. The summed E-state index contributed by atoms with van der Waals surface area (Å²) >= 11 is 0. The van der Waals surface area contributed by atoms with Crippen LogP contribution in [0.15, 0.2) is 42.0 Å². The average Bonchev–Trinajstić information content (AvgIpc) is 2.18. The van der Waals surface area contributed by atoms with Crippen molar-refractivity contribution < 1.29 is 4.74 Å². The van der Waals surface area contributed by atoms with E-state index >= 15 is 0 Å². The summed E-state index contributed by atoms with van der Waals surface area (Å²) in [5, 5.41) is 0. The van der Waals surface area contributed by atoms with Crippen LogP contribution in [0, 0.1) is 0 Å². The minimum Gasteiger partial charge on any atom is -0.497 e. The molecule has 1 nitrogen and oxygen atoms in total. The van der Waals surface area contributed by atoms with E-state index in [0.29, 0.717) is 0 Å². The number of rotatable bonds is 3. The summed E-state index contributed by atoms with van der Waals surface area (Å²) < 4.78 is 5.08. The topological polar surface area (TPSA) is 9.23 Å². The molecule has 0 N–H and O–H groups in total. The number of methoxy groups -OCH3 is 1. The lowest BCUT2D eigenvalue weighted by atomic mass is 10.2. The predicted molar refractivity (Wildman–Crippen MR) is 61.5 cm³/mol. The van der Waals surface area contributed by atoms with Gasteiger partial charge in [0.1, 0.15) is 5.75 Å². The van der Waals surface area contributed by atoms with E-state index in [0.717, 1.165) is 5.75 Å². The van der Waals surface area contributed by atoms with Gasteiger partial charge in [-0.15, -0.1) is 0 Å². The van der Waals surface area contributed by atoms with E-state index < -0.39 is 0 Å². The zero-order chi connectivity index (χ0) is 10.4. The molecule has 0 saturated carbocycles. The molecule has 0 bridgehead atoms. The van der Waals surface area contributed by atoms with Crippen molar-refractivity contribution in [2.24, 2.45) is 0 Å². The van der Waals surface area contributed by atoms with Gasteiger partial charge in [0.05, 0.1) is 7.11 Å². The van der Waals surface area contributed by atoms with Crippen molar-refractivity contribution >= 4 is 6.08 Å². The zero-order valence-corrected chi connectivity index (χ0v) is 8.95. The molecular formula is C13H16O. The molecule has 0 unspecified atom stereocenters. The highest BCUT2D eigenvalue weighted by Gasteiger charge is 1.88. The van der Waals surface area contributed by atoms with Crippen LogP contribution < -0.4 is 4.74 Å². The molecule has 0 amide bonds. The molecule has 0 aliphatic rings. The maximum atomic E-state index is 5.08. The third kappa shape index (κ3) is 3.48. The predicted octanol–water partition coefficient (Wildman–Crippen LogP) is 3.67. The smallest absolute Gasteiger partial charge is 0.118 e. The zero-order valence-electron chi connectivity index (χ0n) is 8.95. The summed E-state index contributed by atoms with van der Waals surface area (Å²) in [4.78, 5) is 0. The standard InChI is InChI=1S/C13H16O/c1-11(2)5-4-6-12-7-9-13(14-3)10-8-12/h4-10H,1-3H3/b6-4+. The fourth-order valence-electron chi connectivity index (χ4n) is 1.07. The summed E-state index contributed by atoms with van der Waals surface area (Å²) in [5.41, 5.74) is 2.48. The average molecular weight is 188 g/mol. The van der Waals surface area contributed by atoms with E-state index in [1.165, 1.54) is 11.1 Å². The fourth-order valence-corrected chi connectivity index (χ4v) is 1.07. The number of hydrogen-bond acceptors (Lipinski definition) is 1. The third-order valence-electron chi connectivity index (χ3n) is 1.83. The van der Waals surface area contributed by atoms with Gasteiger partial charge in [-0.05, 0) is 31.5 Å². The van der Waals surface area contributed by atoms with E-state index in [9.17, 15) is 0 Å². The highest BCUT2D eigenvalue weighted by atomic mass is 16.5. The van der Waals surface area contributed by atoms with E-state index in [4.69, 9.17) is 4.74 Å². The summed E-state index contributed by atoms with van der Waals surface area (Å²) in [6.45, 7) is 4.16. The molecule has 1 aromatic rings. The summed E-state index contributed by atoms with van der Waals surface area (Å²) in [6.07, 6.45) is 6.22. The fraction of sp³-hybridized carbons (Fsp3) is 0.231. The van der Waals surface area contributed by atoms with Gasteiger partial charge in [-0.3, -0.25) is 0 Å². The van der Waals surface area contributed by atoms with Crippen molar-refractivity contribution in [2.75, 3.05) is 7.11 Å². The lowest BCUT2D eigenvalue weighted by molar-refractivity contribution is 0.415. The van der Waals surface area contributed by atoms with Crippen molar-refractivity contribution in [1.29, 1.82) is 0 Å². The molecule has 0 aromatic heterocycles. The first-order valence-corrected chi connectivity index (χ1v) is 4.68. The molecule has 0 fully saturated rings. The van der Waals surface area contributed by atoms with Crippen molar-refractivity contribution in [3.63, 3.8) is 0 Å². The van der Waals surface area contributed by atoms with Crippen LogP contribution in [-0.2, 0) is 0 Å². The Morgan fingerprint density at radius 1 is 1.14 bits per heavy atom. The van der Waals surface area contributed by atoms with Gasteiger partial charge in [-0.1, -0.05) is 35.9 Å². The lowest BCUT2D eigenvalue weighted by Gasteiger charge is -1.98. The van der Waals surface area contributed by atoms with Crippen LogP contribution in [0.4, 0.5) is 0 Å². The third-order valence-corrected chi connectivity index (χ3v) is 1.83. The molecule has 1 heteroatoms. The van der Waals surface area contributed by atoms with Crippen LogP contribution in [0.1, 0.15) is 19.4 Å². The largest absolute Gasteiger partial charge is 0.497 e. The number of hydrogen-bond donors (Lipinski definition) is 0. The summed E-state index contributed by atoms with van der Waals surface area (Å²) in [5.74, 6) is 0.893. The molecule has 0 atom stereocenters. The van der Waals surface area contributed by atoms with E-state index in [-0.39, 0.29) is 0 Å². The molecular weight excluding hydrogens is 172 g/mol. The minimum atomic E-state index is 0.893. The molecule has 0 aliphatic carbocycles. The number of ether oxygens (including phenoxy) is 1. The first-order chi connectivity index (χ1) is 6.72. The van der Waals surface area contributed by atoms with Crippen LogP contribution in [0.2, 0.25) is 0 Å². The van der Waals surface area contributed by atoms with Gasteiger partial charge in [0, 0.05) is 0 Å². The van der Waals surface area contributed by atoms with E-state index in [2.05, 4.69) is 32.1 Å². The maximum Gasteiger partial charge on any atom is 0.118 e. The van der Waals surface area contributed by atoms with Crippen molar-refractivity contribution in [1.82, 2.24) is 0 Å².